The molecule has 1 aromatic carbocycles. The minimum atomic E-state index is -3.82. The molecule has 1 aromatic heterocycles. The Morgan fingerprint density at radius 2 is 1.88 bits per heavy atom. The highest BCUT2D eigenvalue weighted by molar-refractivity contribution is 7.89. The number of aryl methyl sites for hydroxylation is 3. The molecule has 130 valence electrons. The highest BCUT2D eigenvalue weighted by atomic mass is 32.2. The molecule has 0 aliphatic rings. The summed E-state index contributed by atoms with van der Waals surface area (Å²) in [6.07, 6.45) is 1.96. The summed E-state index contributed by atoms with van der Waals surface area (Å²) in [7, 11) is -3.82. The second kappa shape index (κ2) is 7.04. The van der Waals surface area contributed by atoms with Gasteiger partial charge in [-0.05, 0) is 62.1 Å². The zero-order chi connectivity index (χ0) is 18.1. The van der Waals surface area contributed by atoms with Gasteiger partial charge in [0.25, 0.3) is 5.91 Å². The van der Waals surface area contributed by atoms with E-state index < -0.39 is 10.0 Å². The van der Waals surface area contributed by atoms with Crippen molar-refractivity contribution in [2.24, 2.45) is 5.14 Å². The Labute approximate surface area is 146 Å². The second-order valence-corrected chi connectivity index (χ2v) is 8.67. The Morgan fingerprint density at radius 3 is 2.46 bits per heavy atom. The zero-order valence-corrected chi connectivity index (χ0v) is 15.9. The maximum atomic E-state index is 12.5. The predicted octanol–water partition coefficient (Wildman–Crippen LogP) is 3.53. The molecule has 3 N–H and O–H groups in total. The number of amides is 1. The molecule has 0 unspecified atom stereocenters. The third kappa shape index (κ3) is 4.03. The molecular formula is C17H22N2O3S2. The van der Waals surface area contributed by atoms with Gasteiger partial charge in [0, 0.05) is 10.6 Å². The first-order valence-corrected chi connectivity index (χ1v) is 10.0. The molecule has 2 aromatic rings. The molecule has 7 heteroatoms. The van der Waals surface area contributed by atoms with E-state index >= 15 is 0 Å². The summed E-state index contributed by atoms with van der Waals surface area (Å²) in [5.74, 6) is -0.237. The van der Waals surface area contributed by atoms with Gasteiger partial charge in [-0.2, -0.15) is 0 Å². The number of nitrogens with two attached hydrogens (primary N) is 1. The van der Waals surface area contributed by atoms with Crippen LogP contribution in [0.5, 0.6) is 0 Å². The fourth-order valence-corrected chi connectivity index (χ4v) is 4.04. The second-order valence-electron chi connectivity index (χ2n) is 5.85. The van der Waals surface area contributed by atoms with Gasteiger partial charge < -0.3 is 5.32 Å². The lowest BCUT2D eigenvalue weighted by Gasteiger charge is -2.12. The number of carbonyl (C=O) groups excluding carboxylic acids is 1. The van der Waals surface area contributed by atoms with E-state index in [1.807, 2.05) is 19.9 Å². The van der Waals surface area contributed by atoms with Crippen LogP contribution in [0, 0.1) is 20.8 Å². The summed E-state index contributed by atoms with van der Waals surface area (Å²) in [6, 6.07) is 4.82. The number of benzene rings is 1. The average Bonchev–Trinajstić information content (AvgIpc) is 2.84. The third-order valence-electron chi connectivity index (χ3n) is 3.98. The number of hydrogen-bond acceptors (Lipinski definition) is 4. The van der Waals surface area contributed by atoms with E-state index in [1.54, 1.807) is 6.92 Å². The molecular weight excluding hydrogens is 344 g/mol. The van der Waals surface area contributed by atoms with Gasteiger partial charge in [0.1, 0.15) is 0 Å². The monoisotopic (exact) mass is 366 g/mol. The summed E-state index contributed by atoms with van der Waals surface area (Å²) < 4.78 is 23.2. The molecule has 0 spiro atoms. The van der Waals surface area contributed by atoms with Gasteiger partial charge in [-0.25, -0.2) is 13.6 Å². The van der Waals surface area contributed by atoms with Crippen molar-refractivity contribution in [2.45, 2.75) is 45.4 Å². The molecule has 1 heterocycles. The Hall–Kier alpha value is -1.70. The van der Waals surface area contributed by atoms with Crippen LogP contribution >= 0.6 is 11.3 Å². The number of carbonyl (C=O) groups is 1. The van der Waals surface area contributed by atoms with Crippen molar-refractivity contribution < 1.29 is 13.2 Å². The van der Waals surface area contributed by atoms with E-state index in [0.29, 0.717) is 10.6 Å². The molecule has 0 fully saturated rings. The molecule has 0 aliphatic carbocycles. The first kappa shape index (κ1) is 18.6. The number of sulfonamides is 1. The van der Waals surface area contributed by atoms with Crippen molar-refractivity contribution in [3.05, 3.63) is 44.6 Å². The Kier molecular flexibility index (Phi) is 5.47. The first-order valence-electron chi connectivity index (χ1n) is 7.68. The molecule has 0 bridgehead atoms. The van der Waals surface area contributed by atoms with Crippen LogP contribution in [0.3, 0.4) is 0 Å². The van der Waals surface area contributed by atoms with E-state index in [0.717, 1.165) is 28.8 Å². The van der Waals surface area contributed by atoms with Crippen LogP contribution in [0.15, 0.2) is 23.1 Å². The summed E-state index contributed by atoms with van der Waals surface area (Å²) in [6.45, 7) is 7.72. The van der Waals surface area contributed by atoms with E-state index in [4.69, 9.17) is 5.14 Å². The summed E-state index contributed by atoms with van der Waals surface area (Å²) in [4.78, 5) is 14.3. The smallest absolute Gasteiger partial charge is 0.265 e. The highest BCUT2D eigenvalue weighted by Crippen LogP contribution is 2.27. The molecule has 0 aliphatic heterocycles. The maximum absolute atomic E-state index is 12.5. The number of anilines is 1. The Balaban J connectivity index is 2.35. The van der Waals surface area contributed by atoms with Crippen LogP contribution in [0.25, 0.3) is 0 Å². The van der Waals surface area contributed by atoms with Crippen molar-refractivity contribution in [3.8, 4) is 0 Å². The van der Waals surface area contributed by atoms with Crippen LogP contribution in [0.2, 0.25) is 0 Å². The minimum Gasteiger partial charge on any atom is -0.321 e. The molecule has 0 radical (unpaired) electrons. The van der Waals surface area contributed by atoms with E-state index in [-0.39, 0.29) is 10.8 Å². The van der Waals surface area contributed by atoms with Gasteiger partial charge in [0.05, 0.1) is 9.77 Å². The Morgan fingerprint density at radius 1 is 1.21 bits per heavy atom. The summed E-state index contributed by atoms with van der Waals surface area (Å²) in [5, 5.41) is 8.02. The van der Waals surface area contributed by atoms with Crippen molar-refractivity contribution in [1.82, 2.24) is 0 Å². The van der Waals surface area contributed by atoms with Crippen LogP contribution < -0.4 is 10.5 Å². The lowest BCUT2D eigenvalue weighted by molar-refractivity contribution is 0.103. The van der Waals surface area contributed by atoms with Gasteiger partial charge in [0.15, 0.2) is 0 Å². The highest BCUT2D eigenvalue weighted by Gasteiger charge is 2.17. The lowest BCUT2D eigenvalue weighted by atomic mass is 10.1. The van der Waals surface area contributed by atoms with Gasteiger partial charge in [-0.15, -0.1) is 11.3 Å². The normalized spacial score (nSPS) is 11.5. The van der Waals surface area contributed by atoms with E-state index in [2.05, 4.69) is 12.2 Å². The van der Waals surface area contributed by atoms with Crippen LogP contribution in [-0.2, 0) is 16.4 Å². The van der Waals surface area contributed by atoms with Crippen molar-refractivity contribution >= 4 is 33.0 Å². The van der Waals surface area contributed by atoms with Crippen molar-refractivity contribution in [3.63, 3.8) is 0 Å². The van der Waals surface area contributed by atoms with Crippen molar-refractivity contribution in [1.29, 1.82) is 0 Å². The molecule has 0 saturated heterocycles. The fraction of sp³-hybridized carbons (Fsp3) is 0.353. The molecule has 24 heavy (non-hydrogen) atoms. The van der Waals surface area contributed by atoms with Gasteiger partial charge in [-0.1, -0.05) is 13.3 Å². The molecule has 0 saturated carbocycles. The number of thiophene rings is 1. The zero-order valence-electron chi connectivity index (χ0n) is 14.3. The number of hydrogen-bond donors (Lipinski definition) is 2. The average molecular weight is 367 g/mol. The third-order valence-corrected chi connectivity index (χ3v) is 5.97. The van der Waals surface area contributed by atoms with Crippen LogP contribution in [0.1, 0.15) is 44.6 Å². The SMILES string of the molecule is CCCc1cc(C(=O)Nc2cc(S(N)(=O)=O)cc(C)c2C)sc1C. The standard InChI is InChI=1S/C17H22N2O3S2/c1-5-6-13-8-16(23-12(13)4)17(20)19-15-9-14(24(18,21)22)7-10(2)11(15)3/h7-9H,5-6H2,1-4H3,(H,19,20)(H2,18,21,22). The van der Waals surface area contributed by atoms with Crippen LogP contribution in [-0.4, -0.2) is 14.3 Å². The number of nitrogens with one attached hydrogen (secondary N) is 1. The van der Waals surface area contributed by atoms with Gasteiger partial charge in [0.2, 0.25) is 10.0 Å². The maximum Gasteiger partial charge on any atom is 0.265 e. The van der Waals surface area contributed by atoms with Crippen molar-refractivity contribution in [2.75, 3.05) is 5.32 Å². The largest absolute Gasteiger partial charge is 0.321 e. The quantitative estimate of drug-likeness (QED) is 0.848. The first-order chi connectivity index (χ1) is 11.1. The predicted molar refractivity (Wildman–Crippen MR) is 98.3 cm³/mol. The number of rotatable bonds is 5. The number of primary sulfonamides is 1. The van der Waals surface area contributed by atoms with Gasteiger partial charge in [-0.3, -0.25) is 4.79 Å². The fourth-order valence-electron chi connectivity index (χ4n) is 2.45. The molecule has 0 atom stereocenters. The lowest BCUT2D eigenvalue weighted by Crippen LogP contribution is -2.16. The summed E-state index contributed by atoms with van der Waals surface area (Å²) >= 11 is 1.45. The Bertz CT molecular complexity index is 883. The molecule has 2 rings (SSSR count). The summed E-state index contributed by atoms with van der Waals surface area (Å²) in [5.41, 5.74) is 3.22. The minimum absolute atomic E-state index is 0.00469. The topological polar surface area (TPSA) is 89.3 Å². The van der Waals surface area contributed by atoms with E-state index in [9.17, 15) is 13.2 Å². The van der Waals surface area contributed by atoms with E-state index in [1.165, 1.54) is 29.0 Å². The molecule has 5 nitrogen and oxygen atoms in total. The van der Waals surface area contributed by atoms with Crippen LogP contribution in [0.4, 0.5) is 5.69 Å². The van der Waals surface area contributed by atoms with Gasteiger partial charge >= 0.3 is 0 Å². The molecule has 1 amide bonds.